The van der Waals surface area contributed by atoms with Crippen LogP contribution >= 0.6 is 0 Å². The predicted molar refractivity (Wildman–Crippen MR) is 98.8 cm³/mol. The summed E-state index contributed by atoms with van der Waals surface area (Å²) in [6.45, 7) is 4.75. The Hall–Kier alpha value is -2.38. The fourth-order valence-corrected chi connectivity index (χ4v) is 3.01. The highest BCUT2D eigenvalue weighted by Crippen LogP contribution is 2.16. The molecule has 1 amide bonds. The third-order valence-corrected chi connectivity index (χ3v) is 4.51. The Morgan fingerprint density at radius 2 is 2.31 bits per heavy atom. The van der Waals surface area contributed by atoms with Gasteiger partial charge in [0.2, 0.25) is 0 Å². The molecule has 7 nitrogen and oxygen atoms in total. The molecule has 2 N–H and O–H groups in total. The molecular formula is C19H25N3O4. The average molecular weight is 359 g/mol. The lowest BCUT2D eigenvalue weighted by Gasteiger charge is -2.24. The van der Waals surface area contributed by atoms with Crippen molar-refractivity contribution < 1.29 is 14.3 Å². The Kier molecular flexibility index (Phi) is 5.90. The second kappa shape index (κ2) is 8.33. The van der Waals surface area contributed by atoms with E-state index in [0.717, 1.165) is 31.6 Å². The summed E-state index contributed by atoms with van der Waals surface area (Å²) in [6, 6.07) is 7.16. The first-order chi connectivity index (χ1) is 12.5. The van der Waals surface area contributed by atoms with Crippen LogP contribution in [0.3, 0.4) is 0 Å². The molecule has 0 radical (unpaired) electrons. The maximum Gasteiger partial charge on any atom is 0.330 e. The summed E-state index contributed by atoms with van der Waals surface area (Å²) in [4.78, 5) is 26.9. The number of ether oxygens (including phenoxy) is 2. The fourth-order valence-electron chi connectivity index (χ4n) is 3.01. The normalized spacial score (nSPS) is 18.5. The van der Waals surface area contributed by atoms with Crippen LogP contribution < -0.4 is 11.0 Å². The zero-order valence-corrected chi connectivity index (χ0v) is 15.2. The number of H-pyrrole nitrogens is 1. The molecule has 0 unspecified atom stereocenters. The highest BCUT2D eigenvalue weighted by atomic mass is 16.5. The Morgan fingerprint density at radius 3 is 3.00 bits per heavy atom. The number of rotatable bonds is 6. The third kappa shape index (κ3) is 4.42. The van der Waals surface area contributed by atoms with E-state index in [-0.39, 0.29) is 17.7 Å². The van der Waals surface area contributed by atoms with Gasteiger partial charge in [-0.1, -0.05) is 6.07 Å². The Labute approximate surface area is 152 Å². The molecule has 7 heteroatoms. The molecule has 1 aromatic carbocycles. The molecule has 0 aliphatic carbocycles. The number of hydrogen-bond acceptors (Lipinski definition) is 4. The van der Waals surface area contributed by atoms with Crippen molar-refractivity contribution in [2.24, 2.45) is 0 Å². The molecular weight excluding hydrogens is 334 g/mol. The Bertz CT molecular complexity index is 805. The Balaban J connectivity index is 1.60. The smallest absolute Gasteiger partial charge is 0.330 e. The lowest BCUT2D eigenvalue weighted by Crippen LogP contribution is -2.32. The number of aromatic amines is 1. The van der Waals surface area contributed by atoms with Crippen LogP contribution in [0.2, 0.25) is 0 Å². The van der Waals surface area contributed by atoms with E-state index in [2.05, 4.69) is 10.3 Å². The minimum absolute atomic E-state index is 0.0748. The molecule has 1 aromatic heterocycles. The van der Waals surface area contributed by atoms with Gasteiger partial charge >= 0.3 is 5.69 Å². The molecule has 1 saturated heterocycles. The standard InChI is InChI=1S/C19H25N3O4/c1-13-11-20-19(24)22(13)16-7-5-6-15(10-16)21-18(23)14(2)26-12-17-8-3-4-9-25-17/h5-7,10-11,14,17H,3-4,8-9,12H2,1-2H3,(H,20,24)(H,21,23)/t14-,17+/m1/s1. The minimum Gasteiger partial charge on any atom is -0.376 e. The van der Waals surface area contributed by atoms with Crippen molar-refractivity contribution in [3.8, 4) is 5.69 Å². The van der Waals surface area contributed by atoms with Gasteiger partial charge in [0.15, 0.2) is 0 Å². The van der Waals surface area contributed by atoms with Crippen molar-refractivity contribution in [3.05, 3.63) is 46.6 Å². The number of benzene rings is 1. The lowest BCUT2D eigenvalue weighted by molar-refractivity contribution is -0.130. The van der Waals surface area contributed by atoms with Crippen LogP contribution in [0.4, 0.5) is 5.69 Å². The highest BCUT2D eigenvalue weighted by molar-refractivity contribution is 5.94. The molecule has 1 fully saturated rings. The van der Waals surface area contributed by atoms with E-state index in [9.17, 15) is 9.59 Å². The summed E-state index contributed by atoms with van der Waals surface area (Å²) in [6.07, 6.45) is 4.34. The maximum absolute atomic E-state index is 12.4. The van der Waals surface area contributed by atoms with E-state index in [1.54, 1.807) is 35.9 Å². The number of hydrogen-bond donors (Lipinski definition) is 2. The van der Waals surface area contributed by atoms with Crippen LogP contribution in [0.15, 0.2) is 35.3 Å². The first-order valence-electron chi connectivity index (χ1n) is 8.96. The molecule has 2 heterocycles. The summed E-state index contributed by atoms with van der Waals surface area (Å²) in [5.41, 5.74) is 1.89. The molecule has 0 bridgehead atoms. The van der Waals surface area contributed by atoms with Gasteiger partial charge in [-0.2, -0.15) is 0 Å². The zero-order valence-electron chi connectivity index (χ0n) is 15.2. The number of imidazole rings is 1. The van der Waals surface area contributed by atoms with Gasteiger partial charge in [0, 0.05) is 24.2 Å². The van der Waals surface area contributed by atoms with E-state index >= 15 is 0 Å². The fraction of sp³-hybridized carbons (Fsp3) is 0.474. The van der Waals surface area contributed by atoms with E-state index in [4.69, 9.17) is 9.47 Å². The van der Waals surface area contributed by atoms with Crippen LogP contribution in [0.1, 0.15) is 31.9 Å². The summed E-state index contributed by atoms with van der Waals surface area (Å²) in [7, 11) is 0. The van der Waals surface area contributed by atoms with Gasteiger partial charge in [-0.05, 0) is 51.3 Å². The quantitative estimate of drug-likeness (QED) is 0.829. The average Bonchev–Trinajstić information content (AvgIpc) is 2.99. The van der Waals surface area contributed by atoms with Crippen LogP contribution in [0.25, 0.3) is 5.69 Å². The molecule has 140 valence electrons. The molecule has 3 rings (SSSR count). The largest absolute Gasteiger partial charge is 0.376 e. The minimum atomic E-state index is -0.583. The highest BCUT2D eigenvalue weighted by Gasteiger charge is 2.19. The van der Waals surface area contributed by atoms with Gasteiger partial charge < -0.3 is 19.8 Å². The number of aryl methyl sites for hydroxylation is 1. The molecule has 2 aromatic rings. The molecule has 1 aliphatic rings. The maximum atomic E-state index is 12.4. The van der Waals surface area contributed by atoms with Gasteiger partial charge in [0.25, 0.3) is 5.91 Å². The molecule has 2 atom stereocenters. The van der Waals surface area contributed by atoms with Gasteiger partial charge in [0.05, 0.1) is 18.4 Å². The van der Waals surface area contributed by atoms with Crippen molar-refractivity contribution in [1.82, 2.24) is 9.55 Å². The number of carbonyl (C=O) groups is 1. The van der Waals surface area contributed by atoms with Crippen LogP contribution in [-0.2, 0) is 14.3 Å². The van der Waals surface area contributed by atoms with E-state index in [1.165, 1.54) is 0 Å². The SMILES string of the molecule is Cc1c[nH]c(=O)n1-c1cccc(NC(=O)[C@@H](C)OC[C@@H]2CCCCO2)c1. The Morgan fingerprint density at radius 1 is 1.46 bits per heavy atom. The first-order valence-corrected chi connectivity index (χ1v) is 8.96. The summed E-state index contributed by atoms with van der Waals surface area (Å²) >= 11 is 0. The number of nitrogens with zero attached hydrogens (tertiary/aromatic N) is 1. The van der Waals surface area contributed by atoms with E-state index < -0.39 is 6.10 Å². The van der Waals surface area contributed by atoms with Crippen LogP contribution in [0.5, 0.6) is 0 Å². The predicted octanol–water partition coefficient (Wildman–Crippen LogP) is 2.39. The molecule has 1 aliphatic heterocycles. The second-order valence-electron chi connectivity index (χ2n) is 6.57. The van der Waals surface area contributed by atoms with E-state index in [0.29, 0.717) is 18.0 Å². The monoisotopic (exact) mass is 359 g/mol. The lowest BCUT2D eigenvalue weighted by atomic mass is 10.1. The van der Waals surface area contributed by atoms with Crippen molar-refractivity contribution in [1.29, 1.82) is 0 Å². The topological polar surface area (TPSA) is 85.4 Å². The first kappa shape index (κ1) is 18.4. The number of anilines is 1. The third-order valence-electron chi connectivity index (χ3n) is 4.51. The van der Waals surface area contributed by atoms with Gasteiger partial charge in [0.1, 0.15) is 6.10 Å². The van der Waals surface area contributed by atoms with Gasteiger partial charge in [-0.25, -0.2) is 4.79 Å². The molecule has 0 spiro atoms. The number of nitrogens with one attached hydrogen (secondary N) is 2. The van der Waals surface area contributed by atoms with Gasteiger partial charge in [-0.3, -0.25) is 9.36 Å². The zero-order chi connectivity index (χ0) is 18.5. The summed E-state index contributed by atoms with van der Waals surface area (Å²) in [5.74, 6) is -0.226. The number of aromatic nitrogens is 2. The number of amides is 1. The van der Waals surface area contributed by atoms with Crippen molar-refractivity contribution in [3.63, 3.8) is 0 Å². The van der Waals surface area contributed by atoms with Crippen molar-refractivity contribution >= 4 is 11.6 Å². The second-order valence-corrected chi connectivity index (χ2v) is 6.57. The van der Waals surface area contributed by atoms with E-state index in [1.807, 2.05) is 13.0 Å². The number of carbonyl (C=O) groups excluding carboxylic acids is 1. The molecule has 0 saturated carbocycles. The van der Waals surface area contributed by atoms with Crippen molar-refractivity contribution in [2.75, 3.05) is 18.5 Å². The molecule has 26 heavy (non-hydrogen) atoms. The van der Waals surface area contributed by atoms with Crippen molar-refractivity contribution in [2.45, 2.75) is 45.3 Å². The van der Waals surface area contributed by atoms with Crippen LogP contribution in [0, 0.1) is 6.92 Å². The van der Waals surface area contributed by atoms with Gasteiger partial charge in [-0.15, -0.1) is 0 Å². The van der Waals surface area contributed by atoms with Crippen LogP contribution in [-0.4, -0.2) is 40.9 Å². The summed E-state index contributed by atoms with van der Waals surface area (Å²) < 4.78 is 12.8. The summed E-state index contributed by atoms with van der Waals surface area (Å²) in [5, 5.41) is 2.84.